The van der Waals surface area contributed by atoms with E-state index >= 15 is 0 Å². The minimum atomic E-state index is -0.463. The highest BCUT2D eigenvalue weighted by molar-refractivity contribution is 7.09. The van der Waals surface area contributed by atoms with Gasteiger partial charge in [0.1, 0.15) is 10.6 Å². The zero-order valence-corrected chi connectivity index (χ0v) is 14.5. The third-order valence-corrected chi connectivity index (χ3v) is 4.21. The molecule has 10 heteroatoms. The van der Waals surface area contributed by atoms with Crippen molar-refractivity contribution in [3.8, 4) is 11.8 Å². The van der Waals surface area contributed by atoms with Gasteiger partial charge in [-0.1, -0.05) is 0 Å². The average Bonchev–Trinajstić information content (AvgIpc) is 3.18. The van der Waals surface area contributed by atoms with Gasteiger partial charge in [0.2, 0.25) is 5.88 Å². The molecule has 0 aliphatic heterocycles. The fraction of sp³-hybridized carbons (Fsp3) is 0.214. The lowest BCUT2D eigenvalue weighted by atomic mass is 10.2. The second-order valence-corrected chi connectivity index (χ2v) is 5.77. The van der Waals surface area contributed by atoms with Gasteiger partial charge in [0, 0.05) is 29.7 Å². The highest BCUT2D eigenvalue weighted by Gasteiger charge is 2.19. The van der Waals surface area contributed by atoms with Crippen molar-refractivity contribution in [1.29, 1.82) is 0 Å². The first-order valence-electron chi connectivity index (χ1n) is 6.83. The van der Waals surface area contributed by atoms with Gasteiger partial charge in [0.05, 0.1) is 6.04 Å². The number of rotatable bonds is 4. The van der Waals surface area contributed by atoms with Crippen LogP contribution in [0, 0.1) is 6.92 Å². The number of aryl methyl sites for hydroxylation is 1. The number of nitrogens with one attached hydrogen (secondary N) is 1. The topological polar surface area (TPSA) is 106 Å². The molecule has 1 unspecified atom stereocenters. The first-order chi connectivity index (χ1) is 11.0. The monoisotopic (exact) mass is 366 g/mol. The van der Waals surface area contributed by atoms with E-state index in [2.05, 4.69) is 25.4 Å². The van der Waals surface area contributed by atoms with Crippen LogP contribution in [-0.4, -0.2) is 35.7 Å². The predicted molar refractivity (Wildman–Crippen MR) is 90.8 cm³/mol. The van der Waals surface area contributed by atoms with E-state index in [0.717, 1.165) is 10.7 Å². The van der Waals surface area contributed by atoms with Gasteiger partial charge in [0.15, 0.2) is 0 Å². The van der Waals surface area contributed by atoms with Crippen molar-refractivity contribution in [2.24, 2.45) is 0 Å². The molecule has 0 fully saturated rings. The molecule has 0 radical (unpaired) electrons. The van der Waals surface area contributed by atoms with Crippen molar-refractivity contribution in [3.63, 3.8) is 0 Å². The molecule has 1 amide bonds. The van der Waals surface area contributed by atoms with Gasteiger partial charge in [-0.3, -0.25) is 4.79 Å². The molecule has 1 atom stereocenters. The maximum Gasteiger partial charge on any atom is 0.258 e. The summed E-state index contributed by atoms with van der Waals surface area (Å²) in [7, 11) is 0. The van der Waals surface area contributed by atoms with Crippen LogP contribution >= 0.6 is 23.7 Å². The molecular weight excluding hydrogens is 352 g/mol. The molecule has 0 spiro atoms. The smallest absolute Gasteiger partial charge is 0.258 e. The molecule has 3 aromatic rings. The Balaban J connectivity index is 0.00000208. The summed E-state index contributed by atoms with van der Waals surface area (Å²) in [6.07, 6.45) is 4.48. The van der Waals surface area contributed by atoms with Gasteiger partial charge in [-0.25, -0.2) is 14.6 Å². The SMILES string of the molecule is Cc1csc(C(C)NC(=O)c2cnc(-n3cccn3)nc2O)n1.Cl. The summed E-state index contributed by atoms with van der Waals surface area (Å²) < 4.78 is 1.39. The van der Waals surface area contributed by atoms with Crippen LogP contribution in [0.5, 0.6) is 5.88 Å². The molecule has 0 aliphatic rings. The van der Waals surface area contributed by atoms with Crippen LogP contribution in [0.25, 0.3) is 5.95 Å². The molecule has 3 heterocycles. The lowest BCUT2D eigenvalue weighted by Crippen LogP contribution is -2.27. The lowest BCUT2D eigenvalue weighted by Gasteiger charge is -2.11. The van der Waals surface area contributed by atoms with Crippen LogP contribution in [0.2, 0.25) is 0 Å². The number of halogens is 1. The van der Waals surface area contributed by atoms with Gasteiger partial charge >= 0.3 is 0 Å². The number of carbonyl (C=O) groups excluding carboxylic acids is 1. The summed E-state index contributed by atoms with van der Waals surface area (Å²) in [5.74, 6) is -0.673. The van der Waals surface area contributed by atoms with Crippen molar-refractivity contribution in [2.75, 3.05) is 0 Å². The molecule has 0 aliphatic carbocycles. The molecule has 0 saturated carbocycles. The van der Waals surface area contributed by atoms with E-state index in [0.29, 0.717) is 0 Å². The van der Waals surface area contributed by atoms with Gasteiger partial charge in [-0.05, 0) is 19.9 Å². The molecule has 0 saturated heterocycles. The summed E-state index contributed by atoms with van der Waals surface area (Å²) in [6.45, 7) is 3.72. The first kappa shape index (κ1) is 17.8. The summed E-state index contributed by atoms with van der Waals surface area (Å²) in [5.41, 5.74) is 0.905. The maximum absolute atomic E-state index is 12.3. The van der Waals surface area contributed by atoms with Gasteiger partial charge in [0.25, 0.3) is 11.9 Å². The normalized spacial score (nSPS) is 11.6. The Hall–Kier alpha value is -2.52. The standard InChI is InChI=1S/C14H14N6O2S.ClH/c1-8-7-23-13(17-8)9(2)18-11(21)10-6-15-14(19-12(10)22)20-5-3-4-16-20;/h3-7,9H,1-2H3,(H,18,21)(H,15,19,22);1H. The summed E-state index contributed by atoms with van der Waals surface area (Å²) in [5, 5.41) is 19.4. The van der Waals surface area contributed by atoms with Crippen molar-refractivity contribution in [3.05, 3.63) is 46.3 Å². The maximum atomic E-state index is 12.3. The largest absolute Gasteiger partial charge is 0.493 e. The number of aromatic nitrogens is 5. The third-order valence-electron chi connectivity index (χ3n) is 3.06. The van der Waals surface area contributed by atoms with E-state index < -0.39 is 11.8 Å². The lowest BCUT2D eigenvalue weighted by molar-refractivity contribution is 0.0936. The van der Waals surface area contributed by atoms with E-state index in [1.165, 1.54) is 22.2 Å². The highest BCUT2D eigenvalue weighted by Crippen LogP contribution is 2.19. The zero-order valence-electron chi connectivity index (χ0n) is 12.9. The van der Waals surface area contributed by atoms with E-state index in [4.69, 9.17) is 0 Å². The number of hydrogen-bond donors (Lipinski definition) is 2. The average molecular weight is 367 g/mol. The number of thiazole rings is 1. The minimum Gasteiger partial charge on any atom is -0.493 e. The molecule has 126 valence electrons. The van der Waals surface area contributed by atoms with Crippen molar-refractivity contribution in [2.45, 2.75) is 19.9 Å². The minimum absolute atomic E-state index is 0. The van der Waals surface area contributed by atoms with Crippen LogP contribution in [0.4, 0.5) is 0 Å². The van der Waals surface area contributed by atoms with E-state index in [1.807, 2.05) is 19.2 Å². The Kier molecular flexibility index (Phi) is 5.47. The second-order valence-electron chi connectivity index (χ2n) is 4.88. The Morgan fingerprint density at radius 1 is 1.42 bits per heavy atom. The number of amides is 1. The van der Waals surface area contributed by atoms with Crippen LogP contribution in [0.3, 0.4) is 0 Å². The molecule has 24 heavy (non-hydrogen) atoms. The van der Waals surface area contributed by atoms with Crippen LogP contribution in [0.15, 0.2) is 30.0 Å². The Morgan fingerprint density at radius 3 is 2.79 bits per heavy atom. The molecule has 8 nitrogen and oxygen atoms in total. The van der Waals surface area contributed by atoms with Crippen molar-refractivity contribution < 1.29 is 9.90 Å². The number of nitrogens with zero attached hydrogens (tertiary/aromatic N) is 5. The first-order valence-corrected chi connectivity index (χ1v) is 7.71. The van der Waals surface area contributed by atoms with E-state index in [1.54, 1.807) is 18.5 Å². The van der Waals surface area contributed by atoms with Gasteiger partial charge in [-0.15, -0.1) is 23.7 Å². The molecule has 3 rings (SSSR count). The Bertz CT molecular complexity index is 836. The molecule has 0 bridgehead atoms. The Morgan fingerprint density at radius 2 is 2.21 bits per heavy atom. The molecule has 2 N–H and O–H groups in total. The van der Waals surface area contributed by atoms with Gasteiger partial charge in [-0.2, -0.15) is 10.1 Å². The molecular formula is C14H15ClN6O2S. The quantitative estimate of drug-likeness (QED) is 0.732. The zero-order chi connectivity index (χ0) is 16.4. The van der Waals surface area contributed by atoms with Crippen LogP contribution < -0.4 is 5.32 Å². The number of carbonyl (C=O) groups is 1. The third kappa shape index (κ3) is 3.69. The summed E-state index contributed by atoms with van der Waals surface area (Å²) in [4.78, 5) is 24.5. The summed E-state index contributed by atoms with van der Waals surface area (Å²) in [6, 6.07) is 1.44. The number of hydrogen-bond acceptors (Lipinski definition) is 7. The summed E-state index contributed by atoms with van der Waals surface area (Å²) >= 11 is 1.47. The molecule has 0 aromatic carbocycles. The van der Waals surface area contributed by atoms with E-state index in [9.17, 15) is 9.90 Å². The van der Waals surface area contributed by atoms with Crippen LogP contribution in [0.1, 0.15) is 34.0 Å². The van der Waals surface area contributed by atoms with Gasteiger partial charge < -0.3 is 10.4 Å². The predicted octanol–water partition coefficient (Wildman–Crippen LogP) is 2.05. The fourth-order valence-corrected chi connectivity index (χ4v) is 2.73. The second kappa shape index (κ2) is 7.37. The highest BCUT2D eigenvalue weighted by atomic mass is 35.5. The number of aromatic hydroxyl groups is 1. The van der Waals surface area contributed by atoms with Crippen molar-refractivity contribution >= 4 is 29.7 Å². The Labute approximate surface area is 148 Å². The van der Waals surface area contributed by atoms with Crippen LogP contribution in [-0.2, 0) is 0 Å². The van der Waals surface area contributed by atoms with Crippen molar-refractivity contribution in [1.82, 2.24) is 30.0 Å². The fourth-order valence-electron chi connectivity index (χ4n) is 1.93. The molecule has 3 aromatic heterocycles. The van der Waals surface area contributed by atoms with E-state index in [-0.39, 0.29) is 30.0 Å².